The van der Waals surface area contributed by atoms with Crippen LogP contribution in [0.5, 0.6) is 0 Å². The second kappa shape index (κ2) is 8.18. The third-order valence-electron chi connectivity index (χ3n) is 3.06. The predicted molar refractivity (Wildman–Crippen MR) is 87.8 cm³/mol. The third-order valence-corrected chi connectivity index (χ3v) is 3.30. The van der Waals surface area contributed by atoms with E-state index in [1.54, 1.807) is 24.3 Å². The molecule has 0 bridgehead atoms. The van der Waals surface area contributed by atoms with E-state index < -0.39 is 0 Å². The lowest BCUT2D eigenvalue weighted by atomic mass is 10.1. The molecule has 5 heteroatoms. The zero-order chi connectivity index (χ0) is 15.8. The first-order chi connectivity index (χ1) is 10.7. The predicted octanol–water partition coefficient (Wildman–Crippen LogP) is 2.98. The minimum absolute atomic E-state index is 0.115. The normalized spacial score (nSPS) is 10.0. The first-order valence-corrected chi connectivity index (χ1v) is 7.30. The van der Waals surface area contributed by atoms with Crippen molar-refractivity contribution in [3.63, 3.8) is 0 Å². The molecule has 112 valence electrons. The Balaban J connectivity index is 1.70. The molecular weight excluding hydrogens is 298 g/mol. The molecule has 0 radical (unpaired) electrons. The molecular formula is C17H16ClN3O. The van der Waals surface area contributed by atoms with Gasteiger partial charge in [0.15, 0.2) is 0 Å². The first-order valence-electron chi connectivity index (χ1n) is 6.92. The van der Waals surface area contributed by atoms with Crippen molar-refractivity contribution in [1.82, 2.24) is 5.32 Å². The van der Waals surface area contributed by atoms with Crippen molar-refractivity contribution in [2.45, 2.75) is 6.42 Å². The number of hydrogen-bond acceptors (Lipinski definition) is 3. The van der Waals surface area contributed by atoms with Crippen LogP contribution >= 0.6 is 11.6 Å². The van der Waals surface area contributed by atoms with Gasteiger partial charge in [-0.2, -0.15) is 5.26 Å². The van der Waals surface area contributed by atoms with Crippen molar-refractivity contribution in [3.8, 4) is 6.07 Å². The average molecular weight is 314 g/mol. The molecule has 4 nitrogen and oxygen atoms in total. The Morgan fingerprint density at radius 3 is 2.64 bits per heavy atom. The first kappa shape index (κ1) is 16.0. The second-order valence-electron chi connectivity index (χ2n) is 4.79. The van der Waals surface area contributed by atoms with E-state index >= 15 is 0 Å². The fraction of sp³-hybridized carbons (Fsp3) is 0.176. The van der Waals surface area contributed by atoms with Crippen molar-refractivity contribution < 1.29 is 4.79 Å². The van der Waals surface area contributed by atoms with Gasteiger partial charge in [0.1, 0.15) is 0 Å². The SMILES string of the molecule is N#Cc1ccc(NC(=O)CNCCc2cccc(Cl)c2)cc1. The van der Waals surface area contributed by atoms with Crippen molar-refractivity contribution in [2.24, 2.45) is 0 Å². The van der Waals surface area contributed by atoms with Crippen molar-refractivity contribution in [2.75, 3.05) is 18.4 Å². The summed E-state index contributed by atoms with van der Waals surface area (Å²) in [7, 11) is 0. The number of carbonyl (C=O) groups excluding carboxylic acids is 1. The Kier molecular flexibility index (Phi) is 5.96. The van der Waals surface area contributed by atoms with Crippen LogP contribution in [-0.4, -0.2) is 19.0 Å². The zero-order valence-electron chi connectivity index (χ0n) is 12.0. The number of benzene rings is 2. The lowest BCUT2D eigenvalue weighted by Gasteiger charge is -2.07. The summed E-state index contributed by atoms with van der Waals surface area (Å²) in [6.07, 6.45) is 0.810. The van der Waals surface area contributed by atoms with Crippen LogP contribution in [0.25, 0.3) is 0 Å². The van der Waals surface area contributed by atoms with Gasteiger partial charge in [-0.25, -0.2) is 0 Å². The zero-order valence-corrected chi connectivity index (χ0v) is 12.7. The Morgan fingerprint density at radius 2 is 1.95 bits per heavy atom. The summed E-state index contributed by atoms with van der Waals surface area (Å²) in [5, 5.41) is 15.3. The third kappa shape index (κ3) is 5.21. The minimum Gasteiger partial charge on any atom is -0.325 e. The maximum Gasteiger partial charge on any atom is 0.238 e. The van der Waals surface area contributed by atoms with Gasteiger partial charge in [0, 0.05) is 10.7 Å². The molecule has 0 atom stereocenters. The summed E-state index contributed by atoms with van der Waals surface area (Å²) in [6, 6.07) is 16.5. The van der Waals surface area contributed by atoms with Gasteiger partial charge in [-0.05, 0) is 54.9 Å². The number of halogens is 1. The Hall–Kier alpha value is -2.35. The van der Waals surface area contributed by atoms with E-state index in [0.29, 0.717) is 17.8 Å². The fourth-order valence-electron chi connectivity index (χ4n) is 1.96. The Labute approximate surface area is 134 Å². The van der Waals surface area contributed by atoms with Crippen LogP contribution in [0.3, 0.4) is 0 Å². The van der Waals surface area contributed by atoms with E-state index in [2.05, 4.69) is 10.6 Å². The highest BCUT2D eigenvalue weighted by atomic mass is 35.5. The molecule has 0 heterocycles. The van der Waals surface area contributed by atoms with Crippen LogP contribution in [0.2, 0.25) is 5.02 Å². The van der Waals surface area contributed by atoms with Crippen molar-refractivity contribution >= 4 is 23.2 Å². The van der Waals surface area contributed by atoms with Crippen LogP contribution in [0.1, 0.15) is 11.1 Å². The highest BCUT2D eigenvalue weighted by molar-refractivity contribution is 6.30. The van der Waals surface area contributed by atoms with Gasteiger partial charge in [0.25, 0.3) is 0 Å². The summed E-state index contributed by atoms with van der Waals surface area (Å²) >= 11 is 5.92. The summed E-state index contributed by atoms with van der Waals surface area (Å²) < 4.78 is 0. The van der Waals surface area contributed by atoms with Gasteiger partial charge in [0.05, 0.1) is 18.2 Å². The van der Waals surface area contributed by atoms with E-state index in [0.717, 1.165) is 17.0 Å². The number of rotatable bonds is 6. The fourth-order valence-corrected chi connectivity index (χ4v) is 2.17. The molecule has 2 aromatic carbocycles. The molecule has 0 spiro atoms. The van der Waals surface area contributed by atoms with E-state index in [1.807, 2.05) is 30.3 Å². The molecule has 2 N–H and O–H groups in total. The summed E-state index contributed by atoms with van der Waals surface area (Å²) in [5.74, 6) is -0.115. The number of nitrogens with one attached hydrogen (secondary N) is 2. The average Bonchev–Trinajstić information content (AvgIpc) is 2.52. The summed E-state index contributed by atoms with van der Waals surface area (Å²) in [4.78, 5) is 11.8. The highest BCUT2D eigenvalue weighted by Gasteiger charge is 2.02. The molecule has 1 amide bonds. The van der Waals surface area contributed by atoms with Crippen LogP contribution in [0.15, 0.2) is 48.5 Å². The molecule has 0 unspecified atom stereocenters. The molecule has 0 aliphatic heterocycles. The maximum atomic E-state index is 11.8. The number of anilines is 1. The largest absolute Gasteiger partial charge is 0.325 e. The van der Waals surface area contributed by atoms with E-state index in [1.165, 1.54) is 0 Å². The summed E-state index contributed by atoms with van der Waals surface area (Å²) in [5.41, 5.74) is 2.38. The number of nitrogens with zero attached hydrogens (tertiary/aromatic N) is 1. The van der Waals surface area contributed by atoms with E-state index in [-0.39, 0.29) is 12.5 Å². The van der Waals surface area contributed by atoms with Gasteiger partial charge in [-0.15, -0.1) is 0 Å². The lowest BCUT2D eigenvalue weighted by Crippen LogP contribution is -2.29. The van der Waals surface area contributed by atoms with Crippen molar-refractivity contribution in [1.29, 1.82) is 5.26 Å². The quantitative estimate of drug-likeness (QED) is 0.806. The standard InChI is InChI=1S/C17H16ClN3O/c18-15-3-1-2-13(10-15)8-9-20-12-17(22)21-16-6-4-14(11-19)5-7-16/h1-7,10,20H,8-9,12H2,(H,21,22). The van der Waals surface area contributed by atoms with Crippen molar-refractivity contribution in [3.05, 3.63) is 64.7 Å². The monoisotopic (exact) mass is 313 g/mol. The van der Waals surface area contributed by atoms with Gasteiger partial charge in [0.2, 0.25) is 5.91 Å². The van der Waals surface area contributed by atoms with Crippen LogP contribution < -0.4 is 10.6 Å². The molecule has 2 rings (SSSR count). The van der Waals surface area contributed by atoms with Crippen LogP contribution in [-0.2, 0) is 11.2 Å². The molecule has 0 aliphatic rings. The maximum absolute atomic E-state index is 11.8. The van der Waals surface area contributed by atoms with E-state index in [4.69, 9.17) is 16.9 Å². The summed E-state index contributed by atoms with van der Waals surface area (Å²) in [6.45, 7) is 0.932. The number of nitriles is 1. The molecule has 0 aliphatic carbocycles. The highest BCUT2D eigenvalue weighted by Crippen LogP contribution is 2.10. The lowest BCUT2D eigenvalue weighted by molar-refractivity contribution is -0.115. The molecule has 0 saturated carbocycles. The van der Waals surface area contributed by atoms with Gasteiger partial charge < -0.3 is 10.6 Å². The molecule has 0 fully saturated rings. The van der Waals surface area contributed by atoms with E-state index in [9.17, 15) is 4.79 Å². The minimum atomic E-state index is -0.115. The smallest absolute Gasteiger partial charge is 0.238 e. The topological polar surface area (TPSA) is 64.9 Å². The number of carbonyl (C=O) groups is 1. The number of hydrogen-bond donors (Lipinski definition) is 2. The van der Waals surface area contributed by atoms with Gasteiger partial charge in [-0.1, -0.05) is 23.7 Å². The Bertz CT molecular complexity index is 677. The number of amides is 1. The van der Waals surface area contributed by atoms with Gasteiger partial charge >= 0.3 is 0 Å². The second-order valence-corrected chi connectivity index (χ2v) is 5.23. The molecule has 0 saturated heterocycles. The van der Waals surface area contributed by atoms with Crippen LogP contribution in [0.4, 0.5) is 5.69 Å². The molecule has 22 heavy (non-hydrogen) atoms. The van der Waals surface area contributed by atoms with Crippen LogP contribution in [0, 0.1) is 11.3 Å². The molecule has 0 aromatic heterocycles. The molecule has 2 aromatic rings. The van der Waals surface area contributed by atoms with Gasteiger partial charge in [-0.3, -0.25) is 4.79 Å². The Morgan fingerprint density at radius 1 is 1.18 bits per heavy atom.